The Labute approximate surface area is 155 Å². The second-order valence-electron chi connectivity index (χ2n) is 5.95. The number of anilines is 1. The maximum absolute atomic E-state index is 14.5. The van der Waals surface area contributed by atoms with E-state index in [9.17, 15) is 9.18 Å². The minimum absolute atomic E-state index is 0.272. The number of amides is 1. The molecule has 1 N–H and O–H groups in total. The summed E-state index contributed by atoms with van der Waals surface area (Å²) in [4.78, 5) is 17.4. The lowest BCUT2D eigenvalue weighted by molar-refractivity contribution is -0.117. The third-order valence-corrected chi connectivity index (χ3v) is 4.48. The van der Waals surface area contributed by atoms with Crippen molar-refractivity contribution < 1.29 is 9.18 Å². The molecule has 26 heavy (non-hydrogen) atoms. The number of benzodiazepines with no additional fused rings is 1. The molecule has 1 aliphatic heterocycles. The highest BCUT2D eigenvalue weighted by Gasteiger charge is 2.28. The Hall–Kier alpha value is -2.98. The van der Waals surface area contributed by atoms with Gasteiger partial charge in [-0.25, -0.2) is 4.39 Å². The Morgan fingerprint density at radius 2 is 1.65 bits per heavy atom. The fraction of sp³-hybridized carbons (Fsp3) is 0.0476. The number of carbonyl (C=O) groups is 1. The number of aliphatic imine (C=N–C) groups is 1. The normalized spacial score (nSPS) is 16.3. The average Bonchev–Trinajstić information content (AvgIpc) is 2.79. The zero-order valence-corrected chi connectivity index (χ0v) is 14.4. The van der Waals surface area contributed by atoms with Gasteiger partial charge in [0, 0.05) is 16.1 Å². The maximum Gasteiger partial charge on any atom is 0.253 e. The molecule has 0 bridgehead atoms. The summed E-state index contributed by atoms with van der Waals surface area (Å²) < 4.78 is 14.5. The first kappa shape index (κ1) is 16.5. The van der Waals surface area contributed by atoms with E-state index >= 15 is 0 Å². The summed E-state index contributed by atoms with van der Waals surface area (Å²) in [5, 5.41) is 3.37. The first-order valence-corrected chi connectivity index (χ1v) is 8.50. The fourth-order valence-electron chi connectivity index (χ4n) is 3.01. The minimum atomic E-state index is -0.781. The van der Waals surface area contributed by atoms with Gasteiger partial charge in [-0.2, -0.15) is 0 Å². The second kappa shape index (κ2) is 6.73. The van der Waals surface area contributed by atoms with E-state index in [-0.39, 0.29) is 5.91 Å². The molecule has 3 aromatic rings. The summed E-state index contributed by atoms with van der Waals surface area (Å²) in [6.45, 7) is 0. The Bertz CT molecular complexity index is 1020. The monoisotopic (exact) mass is 364 g/mol. The summed E-state index contributed by atoms with van der Waals surface area (Å²) in [7, 11) is 0. The second-order valence-corrected chi connectivity index (χ2v) is 6.39. The first-order valence-electron chi connectivity index (χ1n) is 8.12. The number of nitrogens with zero attached hydrogens (tertiary/aromatic N) is 1. The van der Waals surface area contributed by atoms with Crippen LogP contribution >= 0.6 is 11.6 Å². The van der Waals surface area contributed by atoms with Gasteiger partial charge in [-0.1, -0.05) is 54.1 Å². The van der Waals surface area contributed by atoms with Crippen LogP contribution in [0.3, 0.4) is 0 Å². The molecule has 3 nitrogen and oxygen atoms in total. The van der Waals surface area contributed by atoms with Gasteiger partial charge in [-0.05, 0) is 35.9 Å². The highest BCUT2D eigenvalue weighted by molar-refractivity contribution is 6.32. The summed E-state index contributed by atoms with van der Waals surface area (Å²) in [5.74, 6) is -0.676. The van der Waals surface area contributed by atoms with Gasteiger partial charge in [0.05, 0.1) is 11.4 Å². The SMILES string of the molecule is O=C1Nc2ccc(Cl)cc2C(c2ccccc2F)=NC1c1ccccc1. The molecule has 1 heterocycles. The van der Waals surface area contributed by atoms with E-state index in [0.29, 0.717) is 27.5 Å². The summed E-state index contributed by atoms with van der Waals surface area (Å²) in [6.07, 6.45) is 0. The van der Waals surface area contributed by atoms with E-state index in [1.54, 1.807) is 36.4 Å². The Kier molecular flexibility index (Phi) is 4.27. The molecule has 4 rings (SSSR count). The number of hydrogen-bond acceptors (Lipinski definition) is 2. The van der Waals surface area contributed by atoms with Crippen molar-refractivity contribution in [3.8, 4) is 0 Å². The van der Waals surface area contributed by atoms with Crippen molar-refractivity contribution in [1.29, 1.82) is 0 Å². The average molecular weight is 365 g/mol. The molecular weight excluding hydrogens is 351 g/mol. The molecule has 0 aliphatic carbocycles. The molecule has 0 saturated heterocycles. The predicted molar refractivity (Wildman–Crippen MR) is 101 cm³/mol. The fourth-order valence-corrected chi connectivity index (χ4v) is 3.18. The van der Waals surface area contributed by atoms with Crippen LogP contribution in [0.4, 0.5) is 10.1 Å². The molecule has 0 aromatic heterocycles. The zero-order valence-electron chi connectivity index (χ0n) is 13.6. The number of carbonyl (C=O) groups excluding carboxylic acids is 1. The molecule has 3 aromatic carbocycles. The lowest BCUT2D eigenvalue weighted by Crippen LogP contribution is -2.18. The molecule has 1 atom stereocenters. The summed E-state index contributed by atoms with van der Waals surface area (Å²) in [6, 6.07) is 19.9. The lowest BCUT2D eigenvalue weighted by atomic mass is 10.00. The minimum Gasteiger partial charge on any atom is -0.323 e. The summed E-state index contributed by atoms with van der Waals surface area (Å²) >= 11 is 6.15. The summed E-state index contributed by atoms with van der Waals surface area (Å²) in [5.41, 5.74) is 2.60. The quantitative estimate of drug-likeness (QED) is 0.682. The maximum atomic E-state index is 14.5. The van der Waals surface area contributed by atoms with E-state index in [1.807, 2.05) is 30.3 Å². The van der Waals surface area contributed by atoms with Gasteiger partial charge < -0.3 is 5.32 Å². The number of rotatable bonds is 2. The standard InChI is InChI=1S/C21H14ClFN2O/c22-14-10-11-18-16(12-14)20(15-8-4-5-9-17(15)23)25-19(21(26)24-18)13-6-2-1-3-7-13/h1-12,19H,(H,24,26). The van der Waals surface area contributed by atoms with Crippen molar-refractivity contribution in [3.05, 3.63) is 100 Å². The Morgan fingerprint density at radius 3 is 2.42 bits per heavy atom. The Balaban J connectivity index is 1.97. The topological polar surface area (TPSA) is 41.5 Å². The van der Waals surface area contributed by atoms with Crippen molar-refractivity contribution in [2.75, 3.05) is 5.32 Å². The number of halogens is 2. The van der Waals surface area contributed by atoms with Crippen LogP contribution in [0, 0.1) is 5.82 Å². The largest absolute Gasteiger partial charge is 0.323 e. The van der Waals surface area contributed by atoms with Crippen molar-refractivity contribution in [2.24, 2.45) is 4.99 Å². The number of nitrogens with one attached hydrogen (secondary N) is 1. The van der Waals surface area contributed by atoms with Crippen LogP contribution in [0.15, 0.2) is 77.8 Å². The van der Waals surface area contributed by atoms with E-state index < -0.39 is 11.9 Å². The Morgan fingerprint density at radius 1 is 0.923 bits per heavy atom. The number of hydrogen-bond donors (Lipinski definition) is 1. The molecule has 0 spiro atoms. The van der Waals surface area contributed by atoms with Crippen molar-refractivity contribution >= 4 is 28.9 Å². The highest BCUT2D eigenvalue weighted by Crippen LogP contribution is 2.32. The van der Waals surface area contributed by atoms with Crippen molar-refractivity contribution in [2.45, 2.75) is 6.04 Å². The van der Waals surface area contributed by atoms with Crippen LogP contribution in [-0.2, 0) is 4.79 Å². The first-order chi connectivity index (χ1) is 12.6. The van der Waals surface area contributed by atoms with E-state index in [4.69, 9.17) is 11.6 Å². The number of fused-ring (bicyclic) bond motifs is 1. The van der Waals surface area contributed by atoms with Crippen LogP contribution in [0.5, 0.6) is 0 Å². The van der Waals surface area contributed by atoms with Gasteiger partial charge in [0.2, 0.25) is 0 Å². The molecular formula is C21H14ClFN2O. The van der Waals surface area contributed by atoms with E-state index in [2.05, 4.69) is 10.3 Å². The van der Waals surface area contributed by atoms with Crippen LogP contribution in [0.2, 0.25) is 5.02 Å². The molecule has 128 valence electrons. The molecule has 5 heteroatoms. The molecule has 1 aliphatic rings. The van der Waals surface area contributed by atoms with Gasteiger partial charge in [-0.15, -0.1) is 0 Å². The van der Waals surface area contributed by atoms with Crippen LogP contribution < -0.4 is 5.32 Å². The van der Waals surface area contributed by atoms with E-state index in [0.717, 1.165) is 5.56 Å². The van der Waals surface area contributed by atoms with E-state index in [1.165, 1.54) is 6.07 Å². The lowest BCUT2D eigenvalue weighted by Gasteiger charge is -2.11. The highest BCUT2D eigenvalue weighted by atomic mass is 35.5. The molecule has 1 amide bonds. The third-order valence-electron chi connectivity index (χ3n) is 4.25. The van der Waals surface area contributed by atoms with Crippen LogP contribution in [-0.4, -0.2) is 11.6 Å². The molecule has 0 fully saturated rings. The van der Waals surface area contributed by atoms with Gasteiger partial charge in [0.25, 0.3) is 5.91 Å². The van der Waals surface area contributed by atoms with Crippen LogP contribution in [0.1, 0.15) is 22.7 Å². The molecule has 1 unspecified atom stereocenters. The van der Waals surface area contributed by atoms with Crippen molar-refractivity contribution in [1.82, 2.24) is 0 Å². The molecule has 0 radical (unpaired) electrons. The third kappa shape index (κ3) is 3.00. The molecule has 0 saturated carbocycles. The van der Waals surface area contributed by atoms with Crippen LogP contribution in [0.25, 0.3) is 0 Å². The smallest absolute Gasteiger partial charge is 0.253 e. The van der Waals surface area contributed by atoms with Gasteiger partial charge >= 0.3 is 0 Å². The van der Waals surface area contributed by atoms with Gasteiger partial charge in [-0.3, -0.25) is 9.79 Å². The van der Waals surface area contributed by atoms with Crippen molar-refractivity contribution in [3.63, 3.8) is 0 Å². The number of benzene rings is 3. The van der Waals surface area contributed by atoms with Gasteiger partial charge in [0.1, 0.15) is 5.82 Å². The van der Waals surface area contributed by atoms with Gasteiger partial charge in [0.15, 0.2) is 6.04 Å². The zero-order chi connectivity index (χ0) is 18.1. The predicted octanol–water partition coefficient (Wildman–Crippen LogP) is 5.01.